The minimum absolute atomic E-state index is 0.0517. The van der Waals surface area contributed by atoms with Gasteiger partial charge in [0.1, 0.15) is 5.69 Å². The molecule has 24 heavy (non-hydrogen) atoms. The molecule has 0 saturated heterocycles. The van der Waals surface area contributed by atoms with Crippen molar-refractivity contribution >= 4 is 21.4 Å². The maximum atomic E-state index is 11.4. The van der Waals surface area contributed by atoms with Gasteiger partial charge in [-0.1, -0.05) is 6.92 Å². The van der Waals surface area contributed by atoms with Gasteiger partial charge in [-0.05, 0) is 44.2 Å². The van der Waals surface area contributed by atoms with E-state index >= 15 is 0 Å². The lowest BCUT2D eigenvalue weighted by Gasteiger charge is -2.39. The molecule has 0 unspecified atom stereocenters. The number of benzene rings is 1. The molecule has 134 valence electrons. The molecule has 0 bridgehead atoms. The Morgan fingerprint density at radius 1 is 1.42 bits per heavy atom. The van der Waals surface area contributed by atoms with Crippen molar-refractivity contribution in [3.05, 3.63) is 28.3 Å². The Balaban J connectivity index is 2.30. The maximum Gasteiger partial charge on any atom is 0.293 e. The summed E-state index contributed by atoms with van der Waals surface area (Å²) in [4.78, 5) is 12.2. The van der Waals surface area contributed by atoms with Crippen LogP contribution in [-0.4, -0.2) is 37.1 Å². The van der Waals surface area contributed by atoms with E-state index in [-0.39, 0.29) is 16.6 Å². The molecule has 1 aromatic rings. The summed E-state index contributed by atoms with van der Waals surface area (Å²) in [6.07, 6.45) is 3.40. The average molecular weight is 357 g/mol. The van der Waals surface area contributed by atoms with Crippen LogP contribution in [0.5, 0.6) is 0 Å². The molecular formula is C15H23N3O5S. The van der Waals surface area contributed by atoms with Crippen molar-refractivity contribution in [3.63, 3.8) is 0 Å². The summed E-state index contributed by atoms with van der Waals surface area (Å²) in [6.45, 7) is 1.95. The highest BCUT2D eigenvalue weighted by Gasteiger charge is 2.34. The molecule has 1 aromatic carbocycles. The second-order valence-electron chi connectivity index (χ2n) is 6.37. The van der Waals surface area contributed by atoms with Crippen LogP contribution in [0.3, 0.4) is 0 Å². The van der Waals surface area contributed by atoms with Crippen molar-refractivity contribution in [2.45, 2.75) is 55.6 Å². The predicted molar refractivity (Wildman–Crippen MR) is 90.4 cm³/mol. The van der Waals surface area contributed by atoms with Gasteiger partial charge in [-0.2, -0.15) is 0 Å². The molecule has 1 fully saturated rings. The Morgan fingerprint density at radius 2 is 2.00 bits per heavy atom. The van der Waals surface area contributed by atoms with Gasteiger partial charge in [-0.3, -0.25) is 10.1 Å². The summed E-state index contributed by atoms with van der Waals surface area (Å²) in [5.41, 5.74) is -0.597. The van der Waals surface area contributed by atoms with E-state index in [1.165, 1.54) is 12.1 Å². The fourth-order valence-electron chi connectivity index (χ4n) is 3.20. The Morgan fingerprint density at radius 3 is 2.46 bits per heavy atom. The molecule has 0 aromatic heterocycles. The van der Waals surface area contributed by atoms with E-state index in [1.807, 2.05) is 6.92 Å². The normalized spacial score (nSPS) is 24.6. The fraction of sp³-hybridized carbons (Fsp3) is 0.600. The summed E-state index contributed by atoms with van der Waals surface area (Å²) >= 11 is 0. The van der Waals surface area contributed by atoms with Gasteiger partial charge in [0.25, 0.3) is 5.69 Å². The van der Waals surface area contributed by atoms with Crippen LogP contribution in [-0.2, 0) is 10.0 Å². The predicted octanol–water partition coefficient (Wildman–Crippen LogP) is 1.76. The van der Waals surface area contributed by atoms with Crippen LogP contribution < -0.4 is 10.0 Å². The molecule has 1 aliphatic carbocycles. The van der Waals surface area contributed by atoms with Crippen LogP contribution in [0.15, 0.2) is 23.1 Å². The molecule has 8 nitrogen and oxygen atoms in total. The first kappa shape index (κ1) is 18.6. The molecule has 2 rings (SSSR count). The lowest BCUT2D eigenvalue weighted by atomic mass is 9.80. The first-order valence-corrected chi connectivity index (χ1v) is 9.38. The summed E-state index contributed by atoms with van der Waals surface area (Å²) in [5.74, 6) is 0. The highest BCUT2D eigenvalue weighted by Crippen LogP contribution is 2.37. The number of anilines is 1. The highest BCUT2D eigenvalue weighted by atomic mass is 32.2. The molecule has 0 radical (unpaired) electrons. The first-order valence-electron chi connectivity index (χ1n) is 7.84. The zero-order valence-electron chi connectivity index (χ0n) is 13.8. The Labute approximate surface area is 141 Å². The molecule has 3 N–H and O–H groups in total. The zero-order chi connectivity index (χ0) is 18.1. The van der Waals surface area contributed by atoms with E-state index in [0.717, 1.165) is 18.9 Å². The number of nitrogens with two attached hydrogens (primary N) is 1. The molecule has 0 heterocycles. The van der Waals surface area contributed by atoms with Crippen molar-refractivity contribution in [2.75, 3.05) is 11.9 Å². The second-order valence-corrected chi connectivity index (χ2v) is 7.93. The van der Waals surface area contributed by atoms with Crippen LogP contribution in [0.4, 0.5) is 11.4 Å². The first-order chi connectivity index (χ1) is 11.1. The number of aliphatic hydroxyl groups is 1. The van der Waals surface area contributed by atoms with Crippen LogP contribution in [0.1, 0.15) is 39.0 Å². The third kappa shape index (κ3) is 3.85. The molecular weight excluding hydrogens is 334 g/mol. The number of hydrogen-bond acceptors (Lipinski definition) is 6. The Hall–Kier alpha value is -1.71. The third-order valence-electron chi connectivity index (χ3n) is 4.94. The maximum absolute atomic E-state index is 11.4. The Bertz CT molecular complexity index is 727. The molecule has 0 spiro atoms. The fourth-order valence-corrected chi connectivity index (χ4v) is 3.74. The van der Waals surface area contributed by atoms with Gasteiger partial charge < -0.3 is 10.0 Å². The molecule has 0 amide bonds. The summed E-state index contributed by atoms with van der Waals surface area (Å²) in [6, 6.07) is 3.74. The molecule has 9 heteroatoms. The second kappa shape index (κ2) is 6.66. The quantitative estimate of drug-likeness (QED) is 0.610. The number of nitro benzene ring substituents is 1. The van der Waals surface area contributed by atoms with Gasteiger partial charge in [0.2, 0.25) is 10.0 Å². The summed E-state index contributed by atoms with van der Waals surface area (Å²) in [5, 5.41) is 26.7. The summed E-state index contributed by atoms with van der Waals surface area (Å²) in [7, 11) is -2.25. The van der Waals surface area contributed by atoms with E-state index in [1.54, 1.807) is 11.9 Å². The monoisotopic (exact) mass is 357 g/mol. The largest absolute Gasteiger partial charge is 0.390 e. The number of primary sulfonamides is 1. The van der Waals surface area contributed by atoms with Gasteiger partial charge in [0.15, 0.2) is 0 Å². The smallest absolute Gasteiger partial charge is 0.293 e. The van der Waals surface area contributed by atoms with Gasteiger partial charge >= 0.3 is 0 Å². The minimum Gasteiger partial charge on any atom is -0.390 e. The van der Waals surface area contributed by atoms with Gasteiger partial charge in [-0.15, -0.1) is 0 Å². The van der Waals surface area contributed by atoms with Crippen LogP contribution in [0, 0.1) is 10.1 Å². The van der Waals surface area contributed by atoms with E-state index < -0.39 is 20.5 Å². The van der Waals surface area contributed by atoms with Crippen LogP contribution >= 0.6 is 0 Å². The third-order valence-corrected chi connectivity index (χ3v) is 5.85. The van der Waals surface area contributed by atoms with Crippen molar-refractivity contribution in [1.29, 1.82) is 0 Å². The zero-order valence-corrected chi connectivity index (χ0v) is 14.6. The highest BCUT2D eigenvalue weighted by molar-refractivity contribution is 7.89. The SMILES string of the molecule is CC[C@]1(O)CC[C@@H](N(C)c2ccc(S(N)(=O)=O)cc2[N+](=O)[O-])CC1. The van der Waals surface area contributed by atoms with Crippen molar-refractivity contribution in [1.82, 2.24) is 0 Å². The minimum atomic E-state index is -4.00. The van der Waals surface area contributed by atoms with Gasteiger partial charge in [-0.25, -0.2) is 13.6 Å². The molecule has 1 saturated carbocycles. The number of rotatable bonds is 5. The number of nitro groups is 1. The standard InChI is InChI=1S/C15H23N3O5S/c1-3-15(19)8-6-11(7-9-15)17(2)13-5-4-12(24(16,22)23)10-14(13)18(20)21/h4-5,10-11,19H,3,6-9H2,1-2H3,(H2,16,22,23)/t11-,15+. The van der Waals surface area contributed by atoms with Crippen LogP contribution in [0.2, 0.25) is 0 Å². The lowest BCUT2D eigenvalue weighted by molar-refractivity contribution is -0.384. The van der Waals surface area contributed by atoms with Crippen molar-refractivity contribution in [2.24, 2.45) is 5.14 Å². The summed E-state index contributed by atoms with van der Waals surface area (Å²) < 4.78 is 22.8. The number of hydrogen-bond donors (Lipinski definition) is 2. The number of nitrogens with zero attached hydrogens (tertiary/aromatic N) is 2. The van der Waals surface area contributed by atoms with E-state index in [9.17, 15) is 23.6 Å². The van der Waals surface area contributed by atoms with Gasteiger partial charge in [0, 0.05) is 19.2 Å². The number of sulfonamides is 1. The van der Waals surface area contributed by atoms with Gasteiger partial charge in [0.05, 0.1) is 15.4 Å². The average Bonchev–Trinajstić information content (AvgIpc) is 2.53. The van der Waals surface area contributed by atoms with E-state index in [0.29, 0.717) is 24.9 Å². The van der Waals surface area contributed by atoms with Crippen LogP contribution in [0.25, 0.3) is 0 Å². The molecule has 0 aliphatic heterocycles. The topological polar surface area (TPSA) is 127 Å². The van der Waals surface area contributed by atoms with E-state index in [2.05, 4.69) is 0 Å². The molecule has 0 atom stereocenters. The van der Waals surface area contributed by atoms with E-state index in [4.69, 9.17) is 5.14 Å². The Kier molecular flexibility index (Phi) is 5.17. The van der Waals surface area contributed by atoms with Crippen molar-refractivity contribution in [3.8, 4) is 0 Å². The lowest BCUT2D eigenvalue weighted by Crippen LogP contribution is -2.42. The van der Waals surface area contributed by atoms with Crippen molar-refractivity contribution < 1.29 is 18.4 Å². The molecule has 1 aliphatic rings.